The van der Waals surface area contributed by atoms with Gasteiger partial charge in [-0.05, 0) is 38.0 Å². The molecule has 5 rings (SSSR count). The van der Waals surface area contributed by atoms with E-state index in [1.54, 1.807) is 27.3 Å². The predicted octanol–water partition coefficient (Wildman–Crippen LogP) is 2.64. The van der Waals surface area contributed by atoms with Crippen LogP contribution >= 0.6 is 0 Å². The molecule has 1 amide bonds. The van der Waals surface area contributed by atoms with Gasteiger partial charge in [-0.25, -0.2) is 4.98 Å². The van der Waals surface area contributed by atoms with E-state index in [0.29, 0.717) is 48.0 Å². The maximum atomic E-state index is 13.2. The molecule has 2 aromatic heterocycles. The average Bonchev–Trinajstić information content (AvgIpc) is 2.90. The highest BCUT2D eigenvalue weighted by Crippen LogP contribution is 2.32. The quantitative estimate of drug-likeness (QED) is 0.720. The van der Waals surface area contributed by atoms with E-state index in [0.717, 1.165) is 37.2 Å². The lowest BCUT2D eigenvalue weighted by Gasteiger charge is -2.19. The third-order valence-electron chi connectivity index (χ3n) is 5.70. The minimum absolute atomic E-state index is 0.0417. The number of benzene rings is 1. The molecular weight excluding hydrogens is 384 g/mol. The molecule has 8 nitrogen and oxygen atoms in total. The molecule has 0 atom stereocenters. The van der Waals surface area contributed by atoms with E-state index in [1.165, 1.54) is 0 Å². The standard InChI is InChI=1S/C22H24N4O4/c1-14-11-16-21(22(28)25-8-4-2-3-5-19(25)24-16)26(14)13-20(27)23-15-6-7-17-18(12-15)30-10-9-29-17/h6-7,11-12H,2-5,8-10,13H2,1H3,(H,23,27). The van der Waals surface area contributed by atoms with Gasteiger partial charge in [0.05, 0.1) is 5.52 Å². The molecule has 0 saturated heterocycles. The molecule has 0 radical (unpaired) electrons. The zero-order valence-electron chi connectivity index (χ0n) is 16.9. The van der Waals surface area contributed by atoms with Gasteiger partial charge in [0.1, 0.15) is 31.1 Å². The first-order valence-corrected chi connectivity index (χ1v) is 10.4. The minimum atomic E-state index is -0.216. The molecule has 156 valence electrons. The van der Waals surface area contributed by atoms with Gasteiger partial charge in [0.15, 0.2) is 11.5 Å². The van der Waals surface area contributed by atoms with Crippen LogP contribution in [-0.4, -0.2) is 33.2 Å². The fourth-order valence-electron chi connectivity index (χ4n) is 4.23. The Labute approximate surface area is 173 Å². The number of aryl methyl sites for hydroxylation is 2. The Morgan fingerprint density at radius 3 is 2.83 bits per heavy atom. The van der Waals surface area contributed by atoms with Gasteiger partial charge in [0.25, 0.3) is 5.56 Å². The summed E-state index contributed by atoms with van der Waals surface area (Å²) in [5.74, 6) is 1.92. The van der Waals surface area contributed by atoms with Crippen molar-refractivity contribution in [1.29, 1.82) is 0 Å². The summed E-state index contributed by atoms with van der Waals surface area (Å²) in [4.78, 5) is 30.7. The summed E-state index contributed by atoms with van der Waals surface area (Å²) in [5, 5.41) is 2.89. The van der Waals surface area contributed by atoms with Gasteiger partial charge in [0, 0.05) is 30.4 Å². The number of amides is 1. The van der Waals surface area contributed by atoms with Crippen molar-refractivity contribution in [3.05, 3.63) is 46.1 Å². The van der Waals surface area contributed by atoms with Crippen LogP contribution in [-0.2, 0) is 24.3 Å². The number of ether oxygens (including phenoxy) is 2. The second-order valence-corrected chi connectivity index (χ2v) is 7.81. The van der Waals surface area contributed by atoms with E-state index in [9.17, 15) is 9.59 Å². The molecule has 1 N–H and O–H groups in total. The summed E-state index contributed by atoms with van der Waals surface area (Å²) in [6, 6.07) is 7.21. The summed E-state index contributed by atoms with van der Waals surface area (Å²) in [7, 11) is 0. The molecule has 0 spiro atoms. The van der Waals surface area contributed by atoms with Crippen LogP contribution in [0.2, 0.25) is 0 Å². The molecule has 1 aromatic carbocycles. The van der Waals surface area contributed by atoms with Gasteiger partial charge in [-0.15, -0.1) is 0 Å². The number of fused-ring (bicyclic) bond motifs is 3. The van der Waals surface area contributed by atoms with E-state index in [1.807, 2.05) is 13.0 Å². The first-order valence-electron chi connectivity index (χ1n) is 10.4. The number of carbonyl (C=O) groups is 1. The normalized spacial score (nSPS) is 15.5. The molecule has 8 heteroatoms. The number of anilines is 1. The molecule has 0 aliphatic carbocycles. The number of nitrogens with zero attached hydrogens (tertiary/aromatic N) is 3. The van der Waals surface area contributed by atoms with Crippen molar-refractivity contribution in [2.45, 2.75) is 45.7 Å². The van der Waals surface area contributed by atoms with Crippen molar-refractivity contribution < 1.29 is 14.3 Å². The minimum Gasteiger partial charge on any atom is -0.486 e. The fourth-order valence-corrected chi connectivity index (χ4v) is 4.23. The zero-order chi connectivity index (χ0) is 20.7. The third kappa shape index (κ3) is 3.32. The second kappa shape index (κ2) is 7.51. The second-order valence-electron chi connectivity index (χ2n) is 7.81. The van der Waals surface area contributed by atoms with Crippen molar-refractivity contribution in [3.8, 4) is 11.5 Å². The lowest BCUT2D eigenvalue weighted by Crippen LogP contribution is -2.28. The Balaban J connectivity index is 1.43. The van der Waals surface area contributed by atoms with Gasteiger partial charge < -0.3 is 19.4 Å². The first kappa shape index (κ1) is 18.7. The molecule has 3 aromatic rings. The molecule has 2 aliphatic rings. The smallest absolute Gasteiger partial charge is 0.278 e. The zero-order valence-corrected chi connectivity index (χ0v) is 16.9. The van der Waals surface area contributed by atoms with Gasteiger partial charge in [0.2, 0.25) is 5.91 Å². The van der Waals surface area contributed by atoms with Crippen molar-refractivity contribution in [1.82, 2.24) is 14.1 Å². The molecular formula is C22H24N4O4. The molecule has 0 saturated carbocycles. The van der Waals surface area contributed by atoms with Crippen molar-refractivity contribution in [2.24, 2.45) is 0 Å². The monoisotopic (exact) mass is 408 g/mol. The third-order valence-corrected chi connectivity index (χ3v) is 5.70. The Hall–Kier alpha value is -3.29. The number of hydrogen-bond acceptors (Lipinski definition) is 5. The number of nitrogens with one attached hydrogen (secondary N) is 1. The summed E-state index contributed by atoms with van der Waals surface area (Å²) < 4.78 is 14.6. The van der Waals surface area contributed by atoms with E-state index in [-0.39, 0.29) is 18.0 Å². The van der Waals surface area contributed by atoms with Crippen LogP contribution in [0.25, 0.3) is 11.0 Å². The summed E-state index contributed by atoms with van der Waals surface area (Å²) in [5.41, 5.74) is 2.57. The summed E-state index contributed by atoms with van der Waals surface area (Å²) in [6.45, 7) is 3.63. The lowest BCUT2D eigenvalue weighted by atomic mass is 10.2. The van der Waals surface area contributed by atoms with Crippen LogP contribution < -0.4 is 20.3 Å². The van der Waals surface area contributed by atoms with E-state index < -0.39 is 0 Å². The van der Waals surface area contributed by atoms with Crippen LogP contribution in [0.5, 0.6) is 11.5 Å². The predicted molar refractivity (Wildman–Crippen MR) is 112 cm³/mol. The molecule has 0 unspecified atom stereocenters. The molecule has 30 heavy (non-hydrogen) atoms. The van der Waals surface area contributed by atoms with Crippen LogP contribution in [0.1, 0.15) is 30.8 Å². The van der Waals surface area contributed by atoms with E-state index in [2.05, 4.69) is 5.32 Å². The molecule has 2 aliphatic heterocycles. The molecule has 0 bridgehead atoms. The highest BCUT2D eigenvalue weighted by atomic mass is 16.6. The fraction of sp³-hybridized carbons (Fsp3) is 0.409. The van der Waals surface area contributed by atoms with Gasteiger partial charge in [-0.2, -0.15) is 0 Å². The summed E-state index contributed by atoms with van der Waals surface area (Å²) in [6.07, 6.45) is 3.95. The summed E-state index contributed by atoms with van der Waals surface area (Å²) >= 11 is 0. The number of rotatable bonds is 3. The van der Waals surface area contributed by atoms with Crippen molar-refractivity contribution in [2.75, 3.05) is 18.5 Å². The van der Waals surface area contributed by atoms with Crippen molar-refractivity contribution in [3.63, 3.8) is 0 Å². The number of hydrogen-bond donors (Lipinski definition) is 1. The Bertz CT molecular complexity index is 1190. The van der Waals surface area contributed by atoms with E-state index >= 15 is 0 Å². The molecule has 0 fully saturated rings. The maximum absolute atomic E-state index is 13.2. The van der Waals surface area contributed by atoms with Gasteiger partial charge in [-0.1, -0.05) is 6.42 Å². The van der Waals surface area contributed by atoms with Crippen LogP contribution in [0, 0.1) is 6.92 Å². The molecule has 4 heterocycles. The van der Waals surface area contributed by atoms with Crippen LogP contribution in [0.4, 0.5) is 5.69 Å². The first-order chi connectivity index (χ1) is 14.6. The highest BCUT2D eigenvalue weighted by Gasteiger charge is 2.20. The number of carbonyl (C=O) groups excluding carboxylic acids is 1. The van der Waals surface area contributed by atoms with Crippen LogP contribution in [0.3, 0.4) is 0 Å². The Morgan fingerprint density at radius 2 is 1.97 bits per heavy atom. The highest BCUT2D eigenvalue weighted by molar-refractivity contribution is 5.92. The van der Waals surface area contributed by atoms with Gasteiger partial charge in [-0.3, -0.25) is 14.2 Å². The van der Waals surface area contributed by atoms with Gasteiger partial charge >= 0.3 is 0 Å². The maximum Gasteiger partial charge on any atom is 0.278 e. The van der Waals surface area contributed by atoms with Crippen LogP contribution in [0.15, 0.2) is 29.1 Å². The Kier molecular flexibility index (Phi) is 4.69. The largest absolute Gasteiger partial charge is 0.486 e. The SMILES string of the molecule is Cc1cc2nc3n(c(=O)c2n1CC(=O)Nc1ccc2c(c1)OCCO2)CCCCC3. The van der Waals surface area contributed by atoms with Crippen molar-refractivity contribution >= 4 is 22.6 Å². The Morgan fingerprint density at radius 1 is 1.13 bits per heavy atom. The van der Waals surface area contributed by atoms with E-state index in [4.69, 9.17) is 14.5 Å². The average molecular weight is 408 g/mol. The number of aromatic nitrogens is 3. The topological polar surface area (TPSA) is 87.4 Å². The lowest BCUT2D eigenvalue weighted by molar-refractivity contribution is -0.116.